The van der Waals surface area contributed by atoms with E-state index in [9.17, 15) is 13.2 Å². The summed E-state index contributed by atoms with van der Waals surface area (Å²) in [4.78, 5) is 12.3. The number of hydrogen-bond donors (Lipinski definition) is 1. The molecule has 0 bridgehead atoms. The van der Waals surface area contributed by atoms with E-state index in [1.807, 2.05) is 0 Å². The summed E-state index contributed by atoms with van der Waals surface area (Å²) in [6.07, 6.45) is 5.38. The summed E-state index contributed by atoms with van der Waals surface area (Å²) in [7, 11) is -3.61. The molecular formula is C18H28N2O5S. The molecule has 7 nitrogen and oxygen atoms in total. The van der Waals surface area contributed by atoms with Crippen LogP contribution in [0.25, 0.3) is 0 Å². The molecule has 146 valence electrons. The molecule has 1 N–H and O–H groups in total. The third-order valence-electron chi connectivity index (χ3n) is 4.46. The molecule has 0 spiro atoms. The Morgan fingerprint density at radius 1 is 1.27 bits per heavy atom. The van der Waals surface area contributed by atoms with Gasteiger partial charge in [0.25, 0.3) is 0 Å². The fourth-order valence-electron chi connectivity index (χ4n) is 2.83. The van der Waals surface area contributed by atoms with Gasteiger partial charge in [-0.25, -0.2) is 8.42 Å². The molecule has 1 unspecified atom stereocenters. The summed E-state index contributed by atoms with van der Waals surface area (Å²) >= 11 is 0. The molecule has 0 fully saturated rings. The number of ether oxygens (including phenoxy) is 2. The third-order valence-corrected chi connectivity index (χ3v) is 5.60. The minimum Gasteiger partial charge on any atom is -0.454 e. The van der Waals surface area contributed by atoms with Crippen LogP contribution in [0.5, 0.6) is 11.5 Å². The van der Waals surface area contributed by atoms with Crippen molar-refractivity contribution < 1.29 is 22.7 Å². The maximum absolute atomic E-state index is 12.3. The van der Waals surface area contributed by atoms with Gasteiger partial charge in [0.15, 0.2) is 11.5 Å². The highest BCUT2D eigenvalue weighted by Crippen LogP contribution is 2.36. The summed E-state index contributed by atoms with van der Waals surface area (Å²) in [5.41, 5.74) is 0.380. The first-order valence-corrected chi connectivity index (χ1v) is 10.8. The minimum absolute atomic E-state index is 0.105. The summed E-state index contributed by atoms with van der Waals surface area (Å²) < 4.78 is 36.0. The Kier molecular flexibility index (Phi) is 7.14. The van der Waals surface area contributed by atoms with Crippen molar-refractivity contribution in [3.63, 3.8) is 0 Å². The third kappa shape index (κ3) is 5.52. The van der Waals surface area contributed by atoms with Gasteiger partial charge in [0.1, 0.15) is 6.54 Å². The number of rotatable bonds is 10. The zero-order chi connectivity index (χ0) is 19.2. The van der Waals surface area contributed by atoms with Crippen LogP contribution in [0.2, 0.25) is 0 Å². The molecule has 1 aromatic carbocycles. The van der Waals surface area contributed by atoms with E-state index in [1.165, 1.54) is 0 Å². The number of hydrogen-bond acceptors (Lipinski definition) is 5. The summed E-state index contributed by atoms with van der Waals surface area (Å²) in [5.74, 6) is 1.13. The molecule has 1 amide bonds. The molecule has 8 heteroatoms. The fraction of sp³-hybridized carbons (Fsp3) is 0.611. The van der Waals surface area contributed by atoms with E-state index in [1.54, 1.807) is 18.2 Å². The van der Waals surface area contributed by atoms with E-state index in [0.717, 1.165) is 36.2 Å². The molecule has 1 aliphatic heterocycles. The number of unbranched alkanes of at least 4 members (excludes halogenated alkanes) is 1. The number of nitrogens with one attached hydrogen (secondary N) is 1. The van der Waals surface area contributed by atoms with E-state index < -0.39 is 10.0 Å². The van der Waals surface area contributed by atoms with Gasteiger partial charge < -0.3 is 14.8 Å². The molecule has 1 aromatic rings. The van der Waals surface area contributed by atoms with Crippen LogP contribution in [0.4, 0.5) is 5.69 Å². The van der Waals surface area contributed by atoms with Gasteiger partial charge in [0.2, 0.25) is 22.7 Å². The van der Waals surface area contributed by atoms with E-state index in [4.69, 9.17) is 9.47 Å². The zero-order valence-electron chi connectivity index (χ0n) is 15.7. The molecule has 26 heavy (non-hydrogen) atoms. The lowest BCUT2D eigenvalue weighted by atomic mass is 9.99. The lowest BCUT2D eigenvalue weighted by Gasteiger charge is -2.23. The summed E-state index contributed by atoms with van der Waals surface area (Å²) in [6, 6.07) is 4.83. The lowest BCUT2D eigenvalue weighted by Crippen LogP contribution is -2.41. The SMILES string of the molecule is CCCCC(CC)CNC(=O)CN(c1ccc2c(c1)OCO2)S(C)(=O)=O. The zero-order valence-corrected chi connectivity index (χ0v) is 16.5. The first-order valence-electron chi connectivity index (χ1n) is 8.99. The number of carbonyl (C=O) groups excluding carboxylic acids is 1. The van der Waals surface area contributed by atoms with Crippen molar-refractivity contribution in [1.82, 2.24) is 5.32 Å². The average Bonchev–Trinajstić information content (AvgIpc) is 3.06. The van der Waals surface area contributed by atoms with Crippen LogP contribution in [-0.2, 0) is 14.8 Å². The Morgan fingerprint density at radius 3 is 2.65 bits per heavy atom. The number of carbonyl (C=O) groups is 1. The summed E-state index contributed by atoms with van der Waals surface area (Å²) in [5, 5.41) is 2.87. The van der Waals surface area contributed by atoms with Crippen molar-refractivity contribution in [3.05, 3.63) is 18.2 Å². The maximum atomic E-state index is 12.3. The number of benzene rings is 1. The van der Waals surface area contributed by atoms with E-state index in [-0.39, 0.29) is 19.2 Å². The number of anilines is 1. The molecule has 0 saturated heterocycles. The van der Waals surface area contributed by atoms with Gasteiger partial charge in [-0.2, -0.15) is 0 Å². The molecule has 1 heterocycles. The number of sulfonamides is 1. The van der Waals surface area contributed by atoms with Crippen LogP contribution < -0.4 is 19.1 Å². The van der Waals surface area contributed by atoms with E-state index in [2.05, 4.69) is 19.2 Å². The van der Waals surface area contributed by atoms with Crippen molar-refractivity contribution in [2.45, 2.75) is 39.5 Å². The van der Waals surface area contributed by atoms with E-state index in [0.29, 0.717) is 29.6 Å². The van der Waals surface area contributed by atoms with Crippen LogP contribution in [-0.4, -0.2) is 40.5 Å². The first kappa shape index (κ1) is 20.4. The van der Waals surface area contributed by atoms with Crippen LogP contribution in [0, 0.1) is 5.92 Å². The van der Waals surface area contributed by atoms with Crippen LogP contribution >= 0.6 is 0 Å². The Labute approximate surface area is 155 Å². The largest absolute Gasteiger partial charge is 0.454 e. The predicted molar refractivity (Wildman–Crippen MR) is 101 cm³/mol. The second-order valence-corrected chi connectivity index (χ2v) is 8.43. The minimum atomic E-state index is -3.61. The van der Waals surface area contributed by atoms with Crippen LogP contribution in [0.3, 0.4) is 0 Å². The highest BCUT2D eigenvalue weighted by atomic mass is 32.2. The van der Waals surface area contributed by atoms with Gasteiger partial charge in [-0.3, -0.25) is 9.10 Å². The first-order chi connectivity index (χ1) is 12.3. The highest BCUT2D eigenvalue weighted by Gasteiger charge is 2.24. The van der Waals surface area contributed by atoms with Crippen LogP contribution in [0.1, 0.15) is 39.5 Å². The van der Waals surface area contributed by atoms with Crippen molar-refractivity contribution in [2.24, 2.45) is 5.92 Å². The number of nitrogens with zero attached hydrogens (tertiary/aromatic N) is 1. The Balaban J connectivity index is 2.03. The smallest absolute Gasteiger partial charge is 0.240 e. The Bertz CT molecular complexity index is 720. The van der Waals surface area contributed by atoms with E-state index >= 15 is 0 Å². The van der Waals surface area contributed by atoms with Crippen molar-refractivity contribution in [1.29, 1.82) is 0 Å². The van der Waals surface area contributed by atoms with Crippen molar-refractivity contribution >= 4 is 21.6 Å². The molecule has 0 aliphatic carbocycles. The molecule has 0 saturated carbocycles. The van der Waals surface area contributed by atoms with Gasteiger partial charge in [0, 0.05) is 12.6 Å². The maximum Gasteiger partial charge on any atom is 0.240 e. The average molecular weight is 384 g/mol. The van der Waals surface area contributed by atoms with Crippen molar-refractivity contribution in [3.8, 4) is 11.5 Å². The highest BCUT2D eigenvalue weighted by molar-refractivity contribution is 7.92. The van der Waals surface area contributed by atoms with Crippen LogP contribution in [0.15, 0.2) is 18.2 Å². The quantitative estimate of drug-likeness (QED) is 0.670. The van der Waals surface area contributed by atoms with Gasteiger partial charge in [-0.1, -0.05) is 33.1 Å². The number of amides is 1. The van der Waals surface area contributed by atoms with Gasteiger partial charge in [-0.05, 0) is 24.5 Å². The van der Waals surface area contributed by atoms with Gasteiger partial charge in [-0.15, -0.1) is 0 Å². The fourth-order valence-corrected chi connectivity index (χ4v) is 3.68. The Morgan fingerprint density at radius 2 is 2.00 bits per heavy atom. The molecule has 0 radical (unpaired) electrons. The standard InChI is InChI=1S/C18H28N2O5S/c1-4-6-7-14(5-2)11-19-18(21)12-20(26(3,22)23)15-8-9-16-17(10-15)25-13-24-16/h8-10,14H,4-7,11-13H2,1-3H3,(H,19,21). The Hall–Kier alpha value is -1.96. The second-order valence-electron chi connectivity index (χ2n) is 6.53. The lowest BCUT2D eigenvalue weighted by molar-refractivity contribution is -0.119. The number of fused-ring (bicyclic) bond motifs is 1. The monoisotopic (exact) mass is 384 g/mol. The predicted octanol–water partition coefficient (Wildman–Crippen LogP) is 2.51. The molecule has 0 aromatic heterocycles. The van der Waals surface area contributed by atoms with Gasteiger partial charge >= 0.3 is 0 Å². The second kappa shape index (κ2) is 9.12. The normalized spacial score (nSPS) is 14.1. The molecular weight excluding hydrogens is 356 g/mol. The topological polar surface area (TPSA) is 84.9 Å². The van der Waals surface area contributed by atoms with Gasteiger partial charge in [0.05, 0.1) is 11.9 Å². The molecule has 1 aliphatic rings. The molecule has 1 atom stereocenters. The summed E-state index contributed by atoms with van der Waals surface area (Å²) in [6.45, 7) is 4.65. The van der Waals surface area contributed by atoms with Crippen molar-refractivity contribution in [2.75, 3.05) is 30.4 Å². The molecule has 2 rings (SSSR count).